The van der Waals surface area contributed by atoms with E-state index in [1.54, 1.807) is 20.0 Å². The Hall–Kier alpha value is -1.77. The number of carbonyl (C=O) groups is 1. The van der Waals surface area contributed by atoms with Gasteiger partial charge in [-0.15, -0.1) is 0 Å². The highest BCUT2D eigenvalue weighted by atomic mass is 16.3. The van der Waals surface area contributed by atoms with Crippen molar-refractivity contribution in [2.45, 2.75) is 13.8 Å². The van der Waals surface area contributed by atoms with Crippen LogP contribution in [0.25, 0.3) is 0 Å². The summed E-state index contributed by atoms with van der Waals surface area (Å²) in [5.74, 6) is -0.295. The van der Waals surface area contributed by atoms with E-state index in [1.165, 1.54) is 11.0 Å². The molecule has 0 aromatic heterocycles. The van der Waals surface area contributed by atoms with Crippen LogP contribution < -0.4 is 0 Å². The highest BCUT2D eigenvalue weighted by molar-refractivity contribution is 5.93. The lowest BCUT2D eigenvalue weighted by Crippen LogP contribution is -2.29. The summed E-state index contributed by atoms with van der Waals surface area (Å²) in [6, 6.07) is 0. The highest BCUT2D eigenvalue weighted by Crippen LogP contribution is 2.07. The van der Waals surface area contributed by atoms with Crippen LogP contribution >= 0.6 is 0 Å². The molecule has 0 heterocycles. The van der Waals surface area contributed by atoms with E-state index in [0.29, 0.717) is 12.1 Å². The Morgan fingerprint density at radius 1 is 1.38 bits per heavy atom. The first-order valence-corrected chi connectivity index (χ1v) is 5.00. The summed E-state index contributed by atoms with van der Waals surface area (Å²) < 4.78 is 0. The van der Waals surface area contributed by atoms with Crippen molar-refractivity contribution in [1.29, 1.82) is 0 Å². The number of aliphatic hydroxyl groups is 1. The third kappa shape index (κ3) is 4.17. The monoisotopic (exact) mass is 221 g/mol. The number of aliphatic hydroxyl groups excluding tert-OH is 1. The van der Waals surface area contributed by atoms with E-state index in [0.717, 1.165) is 5.57 Å². The fourth-order valence-electron chi connectivity index (χ4n) is 1.25. The molecule has 0 atom stereocenters. The summed E-state index contributed by atoms with van der Waals surface area (Å²) in [5, 5.41) is 9.37. The first-order chi connectivity index (χ1) is 7.43. The molecule has 0 aliphatic heterocycles. The third-order valence-electron chi connectivity index (χ3n) is 2.13. The summed E-state index contributed by atoms with van der Waals surface area (Å²) in [6.45, 7) is 11.0. The van der Waals surface area contributed by atoms with Gasteiger partial charge in [-0.3, -0.25) is 4.79 Å². The van der Waals surface area contributed by atoms with Gasteiger partial charge >= 0.3 is 0 Å². The van der Waals surface area contributed by atoms with Gasteiger partial charge in [0.2, 0.25) is 0 Å². The number of rotatable bonds is 5. The van der Waals surface area contributed by atoms with Crippen molar-refractivity contribution >= 4 is 5.91 Å². The van der Waals surface area contributed by atoms with Crippen molar-refractivity contribution in [1.82, 2.24) is 4.90 Å². The van der Waals surface area contributed by atoms with Gasteiger partial charge in [0, 0.05) is 13.6 Å². The van der Waals surface area contributed by atoms with Crippen molar-refractivity contribution in [3.8, 4) is 0 Å². The molecule has 0 aromatic rings. The molecule has 0 fully saturated rings. The van der Waals surface area contributed by atoms with Crippen LogP contribution in [0.15, 0.2) is 48.3 Å². The third-order valence-corrected chi connectivity index (χ3v) is 2.13. The minimum absolute atomic E-state index is 0.0813. The minimum Gasteiger partial charge on any atom is -0.507 e. The summed E-state index contributed by atoms with van der Waals surface area (Å²) in [6.07, 6.45) is 4.78. The predicted octanol–water partition coefficient (Wildman–Crippen LogP) is 2.60. The van der Waals surface area contributed by atoms with E-state index in [9.17, 15) is 9.90 Å². The molecule has 0 aliphatic carbocycles. The summed E-state index contributed by atoms with van der Waals surface area (Å²) in [5.41, 5.74) is 1.32. The van der Waals surface area contributed by atoms with Crippen LogP contribution in [0.4, 0.5) is 0 Å². The van der Waals surface area contributed by atoms with Crippen LogP contribution in [0.3, 0.4) is 0 Å². The molecule has 3 heteroatoms. The maximum atomic E-state index is 11.8. The summed E-state index contributed by atoms with van der Waals surface area (Å²) in [7, 11) is 1.68. The Morgan fingerprint density at radius 3 is 2.38 bits per heavy atom. The summed E-state index contributed by atoms with van der Waals surface area (Å²) in [4.78, 5) is 13.3. The van der Waals surface area contributed by atoms with E-state index < -0.39 is 0 Å². The van der Waals surface area contributed by atoms with Crippen molar-refractivity contribution < 1.29 is 9.90 Å². The van der Waals surface area contributed by atoms with Crippen LogP contribution in [0.5, 0.6) is 0 Å². The molecule has 88 valence electrons. The zero-order valence-electron chi connectivity index (χ0n) is 10.2. The van der Waals surface area contributed by atoms with Gasteiger partial charge in [-0.2, -0.15) is 0 Å². The van der Waals surface area contributed by atoms with Gasteiger partial charge in [0.15, 0.2) is 0 Å². The molecule has 0 aliphatic rings. The number of hydrogen-bond donors (Lipinski definition) is 1. The zero-order valence-corrected chi connectivity index (χ0v) is 10.2. The minimum atomic E-state index is -0.214. The second-order valence-corrected chi connectivity index (χ2v) is 3.62. The van der Waals surface area contributed by atoms with E-state index in [4.69, 9.17) is 0 Å². The topological polar surface area (TPSA) is 40.5 Å². The molecule has 0 saturated carbocycles. The van der Waals surface area contributed by atoms with Crippen LogP contribution in [0.1, 0.15) is 13.8 Å². The van der Waals surface area contributed by atoms with Crippen molar-refractivity contribution in [3.05, 3.63) is 48.3 Å². The molecule has 0 spiro atoms. The smallest absolute Gasteiger partial charge is 0.253 e. The Bertz CT molecular complexity index is 351. The number of allylic oxidation sites excluding steroid dienone is 3. The quantitative estimate of drug-likeness (QED) is 0.440. The van der Waals surface area contributed by atoms with Crippen LogP contribution in [-0.4, -0.2) is 29.5 Å². The molecule has 3 nitrogen and oxygen atoms in total. The lowest BCUT2D eigenvalue weighted by Gasteiger charge is -2.18. The van der Waals surface area contributed by atoms with Crippen molar-refractivity contribution in [2.24, 2.45) is 0 Å². The van der Waals surface area contributed by atoms with Gasteiger partial charge in [0.1, 0.15) is 5.76 Å². The Morgan fingerprint density at radius 2 is 1.94 bits per heavy atom. The Balaban J connectivity index is 4.70. The summed E-state index contributed by atoms with van der Waals surface area (Å²) >= 11 is 0. The largest absolute Gasteiger partial charge is 0.507 e. The van der Waals surface area contributed by atoms with Crippen LogP contribution in [0, 0.1) is 0 Å². The molecule has 0 radical (unpaired) electrons. The number of nitrogens with zero attached hydrogens (tertiary/aromatic N) is 1. The molecular weight excluding hydrogens is 202 g/mol. The predicted molar refractivity (Wildman–Crippen MR) is 67.1 cm³/mol. The molecule has 16 heavy (non-hydrogen) atoms. The maximum absolute atomic E-state index is 11.8. The van der Waals surface area contributed by atoms with Crippen molar-refractivity contribution in [3.63, 3.8) is 0 Å². The molecule has 0 bridgehead atoms. The SMILES string of the molecule is C=C/C=C(\C)CN(C)C(=O)/C(C)=C(\O)C=C. The van der Waals surface area contributed by atoms with Crippen molar-refractivity contribution in [2.75, 3.05) is 13.6 Å². The lowest BCUT2D eigenvalue weighted by atomic mass is 10.2. The van der Waals surface area contributed by atoms with Crippen LogP contribution in [-0.2, 0) is 4.79 Å². The number of likely N-dealkylation sites (N-methyl/N-ethyl adjacent to an activating group) is 1. The first-order valence-electron chi connectivity index (χ1n) is 5.00. The average Bonchev–Trinajstić information content (AvgIpc) is 2.26. The normalized spacial score (nSPS) is 12.8. The van der Waals surface area contributed by atoms with Gasteiger partial charge in [-0.05, 0) is 19.9 Å². The van der Waals surface area contributed by atoms with Gasteiger partial charge in [0.05, 0.1) is 5.57 Å². The second kappa shape index (κ2) is 6.67. The molecule has 0 aromatic carbocycles. The second-order valence-electron chi connectivity index (χ2n) is 3.62. The van der Waals surface area contributed by atoms with E-state index in [-0.39, 0.29) is 11.7 Å². The van der Waals surface area contributed by atoms with E-state index in [2.05, 4.69) is 13.2 Å². The zero-order chi connectivity index (χ0) is 12.7. The van der Waals surface area contributed by atoms with Gasteiger partial charge < -0.3 is 10.0 Å². The Labute approximate surface area is 97.1 Å². The number of hydrogen-bond acceptors (Lipinski definition) is 2. The molecule has 0 rings (SSSR count). The molecule has 0 unspecified atom stereocenters. The Kier molecular flexibility index (Phi) is 5.93. The average molecular weight is 221 g/mol. The molecule has 0 saturated heterocycles. The highest BCUT2D eigenvalue weighted by Gasteiger charge is 2.13. The fraction of sp³-hybridized carbons (Fsp3) is 0.308. The first kappa shape index (κ1) is 14.2. The van der Waals surface area contributed by atoms with E-state index >= 15 is 0 Å². The molecule has 1 amide bonds. The van der Waals surface area contributed by atoms with Gasteiger partial charge in [-0.25, -0.2) is 0 Å². The van der Waals surface area contributed by atoms with E-state index in [1.807, 2.05) is 13.0 Å². The number of carbonyl (C=O) groups excluding carboxylic acids is 1. The number of amides is 1. The lowest BCUT2D eigenvalue weighted by molar-refractivity contribution is -0.125. The standard InChI is InChI=1S/C13H19NO2/c1-6-8-10(3)9-14(5)13(16)11(4)12(15)7-2/h6-8,15H,1-2,9H2,3-5H3/b10-8+,12-11-. The van der Waals surface area contributed by atoms with Crippen LogP contribution in [0.2, 0.25) is 0 Å². The van der Waals surface area contributed by atoms with Gasteiger partial charge in [0.25, 0.3) is 5.91 Å². The van der Waals surface area contributed by atoms with Gasteiger partial charge in [-0.1, -0.05) is 30.9 Å². The molecule has 1 N–H and O–H groups in total. The fourth-order valence-corrected chi connectivity index (χ4v) is 1.25. The molecular formula is C13H19NO2. The maximum Gasteiger partial charge on any atom is 0.253 e.